The molecule has 2 aromatic rings. The molecule has 0 saturated carbocycles. The summed E-state index contributed by atoms with van der Waals surface area (Å²) in [5.74, 6) is 0.582. The molecule has 4 rings (SSSR count). The SMILES string of the molecule is NCCCC(=O)Nc1ccc2c(c1)C(O)(C1SCN(CCCC(=O)O)CS1)c1ccccc1S2. The summed E-state index contributed by atoms with van der Waals surface area (Å²) in [6.07, 6.45) is 1.77. The Morgan fingerprint density at radius 1 is 1.06 bits per heavy atom. The first kappa shape index (κ1) is 25.4. The number of thioether (sulfide) groups is 2. The highest BCUT2D eigenvalue weighted by atomic mass is 32.2. The third kappa shape index (κ3) is 5.58. The molecule has 1 unspecified atom stereocenters. The summed E-state index contributed by atoms with van der Waals surface area (Å²) >= 11 is 4.98. The van der Waals surface area contributed by atoms with E-state index in [1.165, 1.54) is 0 Å². The fraction of sp³-hybridized carbons (Fsp3) is 0.417. The van der Waals surface area contributed by atoms with Crippen molar-refractivity contribution in [3.63, 3.8) is 0 Å². The minimum absolute atomic E-state index is 0.0868. The lowest BCUT2D eigenvalue weighted by molar-refractivity contribution is -0.137. The molecular weight excluding hydrogens is 490 g/mol. The number of amides is 1. The van der Waals surface area contributed by atoms with Crippen LogP contribution in [0, 0.1) is 0 Å². The number of aliphatic carboxylic acids is 1. The van der Waals surface area contributed by atoms with E-state index in [1.807, 2.05) is 42.5 Å². The Morgan fingerprint density at radius 3 is 2.53 bits per heavy atom. The number of carboxylic acid groups (broad SMARTS) is 1. The summed E-state index contributed by atoms with van der Waals surface area (Å²) in [5.41, 5.74) is 6.65. The summed E-state index contributed by atoms with van der Waals surface area (Å²) < 4.78 is -0.146. The van der Waals surface area contributed by atoms with Crippen LogP contribution in [0.25, 0.3) is 0 Å². The Morgan fingerprint density at radius 2 is 1.79 bits per heavy atom. The minimum Gasteiger partial charge on any atom is -0.481 e. The van der Waals surface area contributed by atoms with Crippen LogP contribution >= 0.6 is 35.3 Å². The number of nitrogens with zero attached hydrogens (tertiary/aromatic N) is 1. The van der Waals surface area contributed by atoms with Crippen LogP contribution in [0.15, 0.2) is 52.3 Å². The summed E-state index contributed by atoms with van der Waals surface area (Å²) in [4.78, 5) is 27.3. The van der Waals surface area contributed by atoms with Crippen LogP contribution in [-0.2, 0) is 15.2 Å². The molecule has 10 heteroatoms. The van der Waals surface area contributed by atoms with Gasteiger partial charge in [0.25, 0.3) is 0 Å². The molecular formula is C24H29N3O4S3. The average Bonchev–Trinajstić information content (AvgIpc) is 2.83. The highest BCUT2D eigenvalue weighted by Gasteiger charge is 2.47. The quantitative estimate of drug-likeness (QED) is 0.391. The second-order valence-electron chi connectivity index (χ2n) is 8.33. The second-order valence-corrected chi connectivity index (χ2v) is 11.8. The Kier molecular flexibility index (Phi) is 8.49. The van der Waals surface area contributed by atoms with E-state index < -0.39 is 11.6 Å². The van der Waals surface area contributed by atoms with Gasteiger partial charge < -0.3 is 21.3 Å². The Labute approximate surface area is 212 Å². The molecule has 7 nitrogen and oxygen atoms in total. The molecule has 2 aromatic carbocycles. The smallest absolute Gasteiger partial charge is 0.303 e. The van der Waals surface area contributed by atoms with E-state index in [1.54, 1.807) is 35.3 Å². The topological polar surface area (TPSA) is 116 Å². The third-order valence-electron chi connectivity index (χ3n) is 5.82. The first-order valence-electron chi connectivity index (χ1n) is 11.2. The van der Waals surface area contributed by atoms with Crippen molar-refractivity contribution in [2.45, 2.75) is 45.7 Å². The van der Waals surface area contributed by atoms with E-state index in [9.17, 15) is 14.7 Å². The maximum atomic E-state index is 12.4. The minimum atomic E-state index is -1.22. The van der Waals surface area contributed by atoms with Crippen LogP contribution in [0.2, 0.25) is 0 Å². The largest absolute Gasteiger partial charge is 0.481 e. The number of carbonyl (C=O) groups is 2. The van der Waals surface area contributed by atoms with E-state index in [4.69, 9.17) is 10.8 Å². The number of hydrogen-bond donors (Lipinski definition) is 4. The van der Waals surface area contributed by atoms with Gasteiger partial charge in [0.2, 0.25) is 5.91 Å². The van der Waals surface area contributed by atoms with Gasteiger partial charge in [-0.3, -0.25) is 14.5 Å². The number of nitrogens with two attached hydrogens (primary N) is 1. The van der Waals surface area contributed by atoms with Gasteiger partial charge in [0, 0.05) is 57.7 Å². The van der Waals surface area contributed by atoms with Crippen molar-refractivity contribution in [1.82, 2.24) is 4.90 Å². The lowest BCUT2D eigenvalue weighted by Gasteiger charge is -2.44. The van der Waals surface area contributed by atoms with Gasteiger partial charge in [0.05, 0.1) is 4.58 Å². The van der Waals surface area contributed by atoms with Crippen LogP contribution < -0.4 is 11.1 Å². The van der Waals surface area contributed by atoms with E-state index in [2.05, 4.69) is 10.2 Å². The van der Waals surface area contributed by atoms with Gasteiger partial charge in [-0.05, 0) is 43.7 Å². The number of carboxylic acids is 1. The third-order valence-corrected chi connectivity index (χ3v) is 10.1. The predicted octanol–water partition coefficient (Wildman–Crippen LogP) is 3.95. The molecule has 182 valence electrons. The summed E-state index contributed by atoms with van der Waals surface area (Å²) in [6, 6.07) is 13.7. The predicted molar refractivity (Wildman–Crippen MR) is 139 cm³/mol. The lowest BCUT2D eigenvalue weighted by atomic mass is 9.86. The summed E-state index contributed by atoms with van der Waals surface area (Å²) in [6.45, 7) is 1.19. The highest BCUT2D eigenvalue weighted by Crippen LogP contribution is 2.55. The number of benzene rings is 2. The molecule has 0 bridgehead atoms. The van der Waals surface area contributed by atoms with Crippen molar-refractivity contribution in [3.8, 4) is 0 Å². The first-order chi connectivity index (χ1) is 16.4. The van der Waals surface area contributed by atoms with Crippen molar-refractivity contribution in [1.29, 1.82) is 0 Å². The molecule has 34 heavy (non-hydrogen) atoms. The number of carbonyl (C=O) groups excluding carboxylic acids is 1. The van der Waals surface area contributed by atoms with E-state index in [-0.39, 0.29) is 16.9 Å². The monoisotopic (exact) mass is 519 g/mol. The van der Waals surface area contributed by atoms with Crippen LogP contribution in [0.1, 0.15) is 36.8 Å². The van der Waals surface area contributed by atoms with Crippen molar-refractivity contribution < 1.29 is 19.8 Å². The maximum Gasteiger partial charge on any atom is 0.303 e. The number of anilines is 1. The van der Waals surface area contributed by atoms with Crippen molar-refractivity contribution in [3.05, 3.63) is 53.6 Å². The van der Waals surface area contributed by atoms with Crippen LogP contribution in [0.3, 0.4) is 0 Å². The zero-order chi connectivity index (χ0) is 24.1. The normalized spacial score (nSPS) is 20.4. The van der Waals surface area contributed by atoms with Crippen molar-refractivity contribution >= 4 is 52.8 Å². The first-order valence-corrected chi connectivity index (χ1v) is 14.1. The fourth-order valence-electron chi connectivity index (χ4n) is 4.12. The average molecular weight is 520 g/mol. The van der Waals surface area contributed by atoms with E-state index in [0.717, 1.165) is 39.2 Å². The lowest BCUT2D eigenvalue weighted by Crippen LogP contribution is -2.44. The second kappa shape index (κ2) is 11.4. The van der Waals surface area contributed by atoms with Gasteiger partial charge in [-0.1, -0.05) is 30.0 Å². The molecule has 0 radical (unpaired) electrons. The summed E-state index contributed by atoms with van der Waals surface area (Å²) in [7, 11) is 0. The summed E-state index contributed by atoms with van der Waals surface area (Å²) in [5, 5.41) is 24.2. The zero-order valence-electron chi connectivity index (χ0n) is 18.7. The molecule has 2 aliphatic heterocycles. The van der Waals surface area contributed by atoms with Gasteiger partial charge in [0.1, 0.15) is 5.60 Å². The maximum absolute atomic E-state index is 12.4. The van der Waals surface area contributed by atoms with Crippen LogP contribution in [-0.4, -0.2) is 56.4 Å². The fourth-order valence-corrected chi connectivity index (χ4v) is 8.29. The molecule has 1 atom stereocenters. The van der Waals surface area contributed by atoms with Gasteiger partial charge in [-0.15, -0.1) is 23.5 Å². The Hall–Kier alpha value is -1.69. The van der Waals surface area contributed by atoms with Gasteiger partial charge in [-0.25, -0.2) is 0 Å². The van der Waals surface area contributed by atoms with E-state index in [0.29, 0.717) is 31.5 Å². The van der Waals surface area contributed by atoms with E-state index >= 15 is 0 Å². The Bertz CT molecular complexity index is 1050. The molecule has 5 N–H and O–H groups in total. The molecule has 1 fully saturated rings. The zero-order valence-corrected chi connectivity index (χ0v) is 21.2. The Balaban J connectivity index is 1.58. The molecule has 2 aliphatic rings. The number of hydrogen-bond acceptors (Lipinski definition) is 8. The van der Waals surface area contributed by atoms with Gasteiger partial charge in [-0.2, -0.15) is 0 Å². The molecule has 1 saturated heterocycles. The van der Waals surface area contributed by atoms with Crippen molar-refractivity contribution in [2.24, 2.45) is 5.73 Å². The standard InChI is InChI=1S/C24H29N3O4S3/c25-11-3-7-21(28)26-16-9-10-20-18(13-16)24(31,17-5-1-2-6-19(17)34-20)23-32-14-27(15-33-23)12-4-8-22(29)30/h1-2,5-6,9-10,13,23,31H,3-4,7-8,11-12,14-15,25H2,(H,26,28)(H,29,30). The molecule has 0 spiro atoms. The molecule has 1 amide bonds. The molecule has 0 aliphatic carbocycles. The van der Waals surface area contributed by atoms with Gasteiger partial charge >= 0.3 is 5.97 Å². The number of fused-ring (bicyclic) bond motifs is 2. The molecule has 0 aromatic heterocycles. The molecule has 2 heterocycles. The van der Waals surface area contributed by atoms with Crippen LogP contribution in [0.5, 0.6) is 0 Å². The number of rotatable bonds is 9. The number of aliphatic hydroxyl groups is 1. The van der Waals surface area contributed by atoms with Crippen LogP contribution in [0.4, 0.5) is 5.69 Å². The number of nitrogens with one attached hydrogen (secondary N) is 1. The highest BCUT2D eigenvalue weighted by molar-refractivity contribution is 8.17. The van der Waals surface area contributed by atoms with Gasteiger partial charge in [0.15, 0.2) is 0 Å². The van der Waals surface area contributed by atoms with Crippen molar-refractivity contribution in [2.75, 3.05) is 30.2 Å².